The first kappa shape index (κ1) is 6.73. The second-order valence-corrected chi connectivity index (χ2v) is 2.86. The number of hydrogen-bond acceptors (Lipinski definition) is 2. The zero-order valence-corrected chi connectivity index (χ0v) is 6.17. The molecule has 0 aliphatic carbocycles. The van der Waals surface area contributed by atoms with Crippen molar-refractivity contribution >= 4 is 0 Å². The van der Waals surface area contributed by atoms with Crippen LogP contribution in [0.5, 0.6) is 0 Å². The lowest BCUT2D eigenvalue weighted by atomic mass is 10.0. The van der Waals surface area contributed by atoms with Gasteiger partial charge in [0.05, 0.1) is 6.61 Å². The molecular formula is C8H8FNO. The number of rotatable bonds is 1. The van der Waals surface area contributed by atoms with E-state index in [-0.39, 0.29) is 0 Å². The molecule has 1 fully saturated rings. The summed E-state index contributed by atoms with van der Waals surface area (Å²) in [7, 11) is 0. The van der Waals surface area contributed by atoms with E-state index >= 15 is 0 Å². The Morgan fingerprint density at radius 1 is 1.73 bits per heavy atom. The van der Waals surface area contributed by atoms with Crippen molar-refractivity contribution in [2.24, 2.45) is 0 Å². The van der Waals surface area contributed by atoms with Crippen molar-refractivity contribution in [3.63, 3.8) is 0 Å². The first-order chi connectivity index (χ1) is 5.22. The van der Waals surface area contributed by atoms with Gasteiger partial charge in [-0.2, -0.15) is 4.39 Å². The fourth-order valence-electron chi connectivity index (χ4n) is 1.04. The summed E-state index contributed by atoms with van der Waals surface area (Å²) in [5.41, 5.74) is 0.151. The fourth-order valence-corrected chi connectivity index (χ4v) is 1.04. The third-order valence-corrected chi connectivity index (χ3v) is 1.91. The maximum atomic E-state index is 12.9. The molecule has 1 aliphatic heterocycles. The molecule has 2 nitrogen and oxygen atoms in total. The van der Waals surface area contributed by atoms with Gasteiger partial charge in [0.1, 0.15) is 5.60 Å². The molecule has 0 bridgehead atoms. The Balaban J connectivity index is 2.45. The number of aromatic nitrogens is 1. The third kappa shape index (κ3) is 1.01. The lowest BCUT2D eigenvalue weighted by Gasteiger charge is -2.03. The summed E-state index contributed by atoms with van der Waals surface area (Å²) < 4.78 is 18.0. The average molecular weight is 153 g/mol. The highest BCUT2D eigenvalue weighted by atomic mass is 19.1. The second kappa shape index (κ2) is 2.01. The highest BCUT2D eigenvalue weighted by molar-refractivity contribution is 5.23. The Hall–Kier alpha value is -0.960. The van der Waals surface area contributed by atoms with E-state index in [0.29, 0.717) is 12.2 Å². The third-order valence-electron chi connectivity index (χ3n) is 1.91. The molecule has 2 rings (SSSR count). The van der Waals surface area contributed by atoms with Crippen molar-refractivity contribution in [3.05, 3.63) is 29.8 Å². The van der Waals surface area contributed by atoms with E-state index in [1.807, 2.05) is 6.92 Å². The van der Waals surface area contributed by atoms with Crippen LogP contribution in [-0.4, -0.2) is 11.6 Å². The molecule has 58 valence electrons. The molecule has 0 radical (unpaired) electrons. The van der Waals surface area contributed by atoms with Crippen molar-refractivity contribution in [1.29, 1.82) is 0 Å². The number of halogens is 1. The normalized spacial score (nSPS) is 28.5. The topological polar surface area (TPSA) is 25.4 Å². The zero-order chi connectivity index (χ0) is 7.90. The second-order valence-electron chi connectivity index (χ2n) is 2.86. The first-order valence-electron chi connectivity index (χ1n) is 3.47. The largest absolute Gasteiger partial charge is 0.365 e. The molecule has 1 aliphatic rings. The quantitative estimate of drug-likeness (QED) is 0.451. The molecule has 0 amide bonds. The van der Waals surface area contributed by atoms with E-state index in [9.17, 15) is 4.39 Å². The van der Waals surface area contributed by atoms with E-state index in [4.69, 9.17) is 4.74 Å². The predicted molar refractivity (Wildman–Crippen MR) is 37.5 cm³/mol. The molecule has 1 unspecified atom stereocenters. The van der Waals surface area contributed by atoms with Gasteiger partial charge in [-0.05, 0) is 19.1 Å². The molecule has 1 aromatic heterocycles. The standard InChI is InChI=1S/C8H8FNO/c1-8(5-11-8)6-3-2-4-10-7(6)9/h2-4H,5H2,1H3. The Morgan fingerprint density at radius 2 is 2.45 bits per heavy atom. The van der Waals surface area contributed by atoms with Gasteiger partial charge in [-0.3, -0.25) is 0 Å². The van der Waals surface area contributed by atoms with Crippen LogP contribution in [0, 0.1) is 5.95 Å². The highest BCUT2D eigenvalue weighted by Crippen LogP contribution is 2.38. The minimum atomic E-state index is -0.424. The van der Waals surface area contributed by atoms with Crippen LogP contribution in [0.4, 0.5) is 4.39 Å². The maximum absolute atomic E-state index is 12.9. The summed E-state index contributed by atoms with van der Waals surface area (Å²) in [6.07, 6.45) is 1.44. The summed E-state index contributed by atoms with van der Waals surface area (Å²) in [4.78, 5) is 3.54. The van der Waals surface area contributed by atoms with Gasteiger partial charge in [0.2, 0.25) is 5.95 Å². The molecule has 0 N–H and O–H groups in total. The molecule has 1 saturated heterocycles. The van der Waals surface area contributed by atoms with Crippen LogP contribution in [0.2, 0.25) is 0 Å². The molecule has 0 aromatic carbocycles. The molecule has 1 aromatic rings. The van der Waals surface area contributed by atoms with Crippen LogP contribution in [0.3, 0.4) is 0 Å². The highest BCUT2D eigenvalue weighted by Gasteiger charge is 2.43. The molecular weight excluding hydrogens is 145 g/mol. The summed E-state index contributed by atoms with van der Waals surface area (Å²) in [5.74, 6) is -0.424. The molecule has 1 atom stereocenters. The van der Waals surface area contributed by atoms with E-state index in [2.05, 4.69) is 4.98 Å². The maximum Gasteiger partial charge on any atom is 0.219 e. The SMILES string of the molecule is CC1(c2cccnc2F)CO1. The van der Waals surface area contributed by atoms with Crippen LogP contribution >= 0.6 is 0 Å². The van der Waals surface area contributed by atoms with Gasteiger partial charge in [-0.25, -0.2) is 4.98 Å². The minimum Gasteiger partial charge on any atom is -0.365 e. The Bertz CT molecular complexity index is 283. The van der Waals surface area contributed by atoms with Gasteiger partial charge in [0.25, 0.3) is 0 Å². The number of ether oxygens (including phenoxy) is 1. The lowest BCUT2D eigenvalue weighted by Crippen LogP contribution is -2.06. The molecule has 3 heteroatoms. The predicted octanol–water partition coefficient (Wildman–Crippen LogP) is 1.47. The van der Waals surface area contributed by atoms with Crippen molar-refractivity contribution in [2.75, 3.05) is 6.61 Å². The van der Waals surface area contributed by atoms with E-state index in [1.54, 1.807) is 12.1 Å². The van der Waals surface area contributed by atoms with Crippen LogP contribution in [0.15, 0.2) is 18.3 Å². The first-order valence-corrected chi connectivity index (χ1v) is 3.47. The van der Waals surface area contributed by atoms with Crippen molar-refractivity contribution in [1.82, 2.24) is 4.98 Å². The molecule has 11 heavy (non-hydrogen) atoms. The number of epoxide rings is 1. The van der Waals surface area contributed by atoms with Crippen molar-refractivity contribution in [2.45, 2.75) is 12.5 Å². The summed E-state index contributed by atoms with van der Waals surface area (Å²) in [6.45, 7) is 2.45. The lowest BCUT2D eigenvalue weighted by molar-refractivity contribution is 0.319. The van der Waals surface area contributed by atoms with Crippen molar-refractivity contribution in [3.8, 4) is 0 Å². The fraction of sp³-hybridized carbons (Fsp3) is 0.375. The van der Waals surface area contributed by atoms with Crippen molar-refractivity contribution < 1.29 is 9.13 Å². The van der Waals surface area contributed by atoms with Crippen LogP contribution in [-0.2, 0) is 10.3 Å². The zero-order valence-electron chi connectivity index (χ0n) is 6.17. The van der Waals surface area contributed by atoms with Gasteiger partial charge < -0.3 is 4.74 Å². The monoisotopic (exact) mass is 153 g/mol. The Morgan fingerprint density at radius 3 is 3.00 bits per heavy atom. The van der Waals surface area contributed by atoms with Crippen LogP contribution < -0.4 is 0 Å². The number of hydrogen-bond donors (Lipinski definition) is 0. The van der Waals surface area contributed by atoms with Gasteiger partial charge in [-0.1, -0.05) is 0 Å². The minimum absolute atomic E-state index is 0.404. The number of pyridine rings is 1. The summed E-state index contributed by atoms with van der Waals surface area (Å²) in [5, 5.41) is 0. The molecule has 0 saturated carbocycles. The van der Waals surface area contributed by atoms with Crippen LogP contribution in [0.25, 0.3) is 0 Å². The summed E-state index contributed by atoms with van der Waals surface area (Å²) >= 11 is 0. The van der Waals surface area contributed by atoms with Gasteiger partial charge in [0.15, 0.2) is 0 Å². The van der Waals surface area contributed by atoms with Crippen LogP contribution in [0.1, 0.15) is 12.5 Å². The molecule has 0 spiro atoms. The smallest absolute Gasteiger partial charge is 0.219 e. The average Bonchev–Trinajstić information content (AvgIpc) is 2.70. The van der Waals surface area contributed by atoms with E-state index in [0.717, 1.165) is 0 Å². The van der Waals surface area contributed by atoms with Gasteiger partial charge in [0, 0.05) is 11.8 Å². The molecule has 2 heterocycles. The van der Waals surface area contributed by atoms with E-state index in [1.165, 1.54) is 6.20 Å². The Labute approximate surface area is 64.0 Å². The van der Waals surface area contributed by atoms with E-state index < -0.39 is 11.5 Å². The number of nitrogens with zero attached hydrogens (tertiary/aromatic N) is 1. The van der Waals surface area contributed by atoms with Gasteiger partial charge >= 0.3 is 0 Å². The summed E-state index contributed by atoms with van der Waals surface area (Å²) in [6, 6.07) is 3.42. The van der Waals surface area contributed by atoms with Gasteiger partial charge in [-0.15, -0.1) is 0 Å². The Kier molecular flexibility index (Phi) is 1.23.